The molecule has 1 saturated heterocycles. The zero-order chi connectivity index (χ0) is 16.6. The standard InChI is InChI=1S/C20H30N2OS/c23-11-5-8-18-12-20(24-16-18)13-21-19-9-4-10-22(15-19)14-17-6-2-1-3-7-17/h12,16-17,19,21,23H,1-4,6-7,9-11,13-15H2. The third kappa shape index (κ3) is 5.60. The highest BCUT2D eigenvalue weighted by Crippen LogP contribution is 2.25. The van der Waals surface area contributed by atoms with Gasteiger partial charge in [0.1, 0.15) is 6.61 Å². The quantitative estimate of drug-likeness (QED) is 0.804. The van der Waals surface area contributed by atoms with Gasteiger partial charge in [0.15, 0.2) is 0 Å². The van der Waals surface area contributed by atoms with E-state index in [1.165, 1.54) is 69.5 Å². The molecule has 1 aromatic rings. The van der Waals surface area contributed by atoms with Crippen LogP contribution in [0.4, 0.5) is 0 Å². The second-order valence-corrected chi connectivity index (χ2v) is 8.24. The molecule has 24 heavy (non-hydrogen) atoms. The highest BCUT2D eigenvalue weighted by Gasteiger charge is 2.23. The zero-order valence-corrected chi connectivity index (χ0v) is 15.4. The molecule has 0 radical (unpaired) electrons. The van der Waals surface area contributed by atoms with Gasteiger partial charge in [0, 0.05) is 41.5 Å². The second kappa shape index (κ2) is 9.58. The van der Waals surface area contributed by atoms with Crippen molar-refractivity contribution in [2.45, 2.75) is 57.5 Å². The molecule has 0 amide bonds. The van der Waals surface area contributed by atoms with Crippen LogP contribution in [0.3, 0.4) is 0 Å². The average Bonchev–Trinajstić information content (AvgIpc) is 3.07. The number of rotatable bonds is 5. The minimum Gasteiger partial charge on any atom is -0.384 e. The molecule has 1 saturated carbocycles. The lowest BCUT2D eigenvalue weighted by atomic mass is 9.88. The monoisotopic (exact) mass is 346 g/mol. The molecule has 1 aliphatic carbocycles. The van der Waals surface area contributed by atoms with Gasteiger partial charge in [-0.25, -0.2) is 0 Å². The van der Waals surface area contributed by atoms with Crippen molar-refractivity contribution >= 4 is 11.3 Å². The van der Waals surface area contributed by atoms with E-state index in [0.717, 1.165) is 18.0 Å². The highest BCUT2D eigenvalue weighted by molar-refractivity contribution is 7.10. The molecule has 3 nitrogen and oxygen atoms in total. The number of aliphatic hydroxyl groups excluding tert-OH is 1. The van der Waals surface area contributed by atoms with Crippen LogP contribution in [0.25, 0.3) is 0 Å². The maximum Gasteiger partial charge on any atom is 0.104 e. The molecule has 2 N–H and O–H groups in total. The smallest absolute Gasteiger partial charge is 0.104 e. The fourth-order valence-electron chi connectivity index (χ4n) is 4.05. The van der Waals surface area contributed by atoms with E-state index in [4.69, 9.17) is 5.11 Å². The molecule has 0 bridgehead atoms. The summed E-state index contributed by atoms with van der Waals surface area (Å²) < 4.78 is 0. The number of hydrogen-bond donors (Lipinski definition) is 2. The van der Waals surface area contributed by atoms with Crippen molar-refractivity contribution in [3.8, 4) is 11.8 Å². The predicted molar refractivity (Wildman–Crippen MR) is 101 cm³/mol. The van der Waals surface area contributed by atoms with Crippen LogP contribution in [-0.2, 0) is 6.54 Å². The zero-order valence-electron chi connectivity index (χ0n) is 14.6. The SMILES string of the molecule is OCC#Cc1csc(CNC2CCCN(CC3CCCCC3)C2)c1. The average molecular weight is 347 g/mol. The number of hydrogen-bond acceptors (Lipinski definition) is 4. The molecule has 2 aliphatic rings. The molecular formula is C20H30N2OS. The van der Waals surface area contributed by atoms with Crippen molar-refractivity contribution in [2.75, 3.05) is 26.2 Å². The van der Waals surface area contributed by atoms with Gasteiger partial charge in [0.2, 0.25) is 0 Å². The third-order valence-electron chi connectivity index (χ3n) is 5.28. The Morgan fingerprint density at radius 3 is 2.92 bits per heavy atom. The lowest BCUT2D eigenvalue weighted by Crippen LogP contribution is -2.46. The number of nitrogens with zero attached hydrogens (tertiary/aromatic N) is 1. The van der Waals surface area contributed by atoms with Crippen LogP contribution in [0.5, 0.6) is 0 Å². The summed E-state index contributed by atoms with van der Waals surface area (Å²) in [6.07, 6.45) is 9.85. The molecule has 0 spiro atoms. The Hall–Kier alpha value is -0.860. The number of likely N-dealkylation sites (tertiary alicyclic amines) is 1. The van der Waals surface area contributed by atoms with E-state index < -0.39 is 0 Å². The van der Waals surface area contributed by atoms with E-state index in [9.17, 15) is 0 Å². The molecule has 2 fully saturated rings. The first-order valence-electron chi connectivity index (χ1n) is 9.46. The number of aliphatic hydroxyl groups is 1. The summed E-state index contributed by atoms with van der Waals surface area (Å²) in [6, 6.07) is 2.76. The Labute approximate surface area is 150 Å². The van der Waals surface area contributed by atoms with Gasteiger partial charge in [0.25, 0.3) is 0 Å². The van der Waals surface area contributed by atoms with Gasteiger partial charge < -0.3 is 15.3 Å². The van der Waals surface area contributed by atoms with Gasteiger partial charge in [0.05, 0.1) is 0 Å². The second-order valence-electron chi connectivity index (χ2n) is 7.25. The summed E-state index contributed by atoms with van der Waals surface area (Å²) in [5.74, 6) is 6.64. The minimum absolute atomic E-state index is 0.0671. The Kier molecular flexibility index (Phi) is 7.16. The number of thiophene rings is 1. The van der Waals surface area contributed by atoms with Crippen molar-refractivity contribution in [1.29, 1.82) is 0 Å². The van der Waals surface area contributed by atoms with Crippen molar-refractivity contribution in [3.05, 3.63) is 21.9 Å². The summed E-state index contributed by atoms with van der Waals surface area (Å²) in [4.78, 5) is 4.03. The van der Waals surface area contributed by atoms with Crippen LogP contribution < -0.4 is 5.32 Å². The highest BCUT2D eigenvalue weighted by atomic mass is 32.1. The molecular weight excluding hydrogens is 316 g/mol. The van der Waals surface area contributed by atoms with Crippen LogP contribution in [0.15, 0.2) is 11.4 Å². The van der Waals surface area contributed by atoms with Crippen molar-refractivity contribution < 1.29 is 5.11 Å². The maximum absolute atomic E-state index is 8.76. The van der Waals surface area contributed by atoms with E-state index >= 15 is 0 Å². The van der Waals surface area contributed by atoms with E-state index in [2.05, 4.69) is 33.5 Å². The summed E-state index contributed by atoms with van der Waals surface area (Å²) in [5.41, 5.74) is 1.02. The van der Waals surface area contributed by atoms with Crippen molar-refractivity contribution in [2.24, 2.45) is 5.92 Å². The Balaban J connectivity index is 1.42. The Bertz CT molecular complexity index is 553. The van der Waals surface area contributed by atoms with Crippen LogP contribution >= 0.6 is 11.3 Å². The molecule has 132 valence electrons. The summed E-state index contributed by atoms with van der Waals surface area (Å²) in [7, 11) is 0. The minimum atomic E-state index is -0.0671. The predicted octanol–water partition coefficient (Wildman–Crippen LogP) is 3.23. The molecule has 1 atom stereocenters. The lowest BCUT2D eigenvalue weighted by molar-refractivity contribution is 0.149. The van der Waals surface area contributed by atoms with Crippen LogP contribution in [-0.4, -0.2) is 42.3 Å². The Morgan fingerprint density at radius 2 is 2.08 bits per heavy atom. The fourth-order valence-corrected chi connectivity index (χ4v) is 4.82. The van der Waals surface area contributed by atoms with Crippen molar-refractivity contribution in [1.82, 2.24) is 10.2 Å². The van der Waals surface area contributed by atoms with Gasteiger partial charge in [-0.3, -0.25) is 0 Å². The summed E-state index contributed by atoms with van der Waals surface area (Å²) >= 11 is 1.76. The topological polar surface area (TPSA) is 35.5 Å². The van der Waals surface area contributed by atoms with Gasteiger partial charge >= 0.3 is 0 Å². The molecule has 1 aromatic heterocycles. The normalized spacial score (nSPS) is 23.0. The van der Waals surface area contributed by atoms with Gasteiger partial charge in [-0.05, 0) is 44.2 Å². The molecule has 2 heterocycles. The third-order valence-corrected chi connectivity index (χ3v) is 6.21. The van der Waals surface area contributed by atoms with Crippen molar-refractivity contribution in [3.63, 3.8) is 0 Å². The lowest BCUT2D eigenvalue weighted by Gasteiger charge is -2.36. The first-order valence-corrected chi connectivity index (χ1v) is 10.3. The summed E-state index contributed by atoms with van der Waals surface area (Å²) in [6.45, 7) is 4.68. The Morgan fingerprint density at radius 1 is 1.21 bits per heavy atom. The van der Waals surface area contributed by atoms with Gasteiger partial charge in [-0.1, -0.05) is 31.1 Å². The van der Waals surface area contributed by atoms with E-state index in [1.807, 2.05) is 0 Å². The van der Waals surface area contributed by atoms with Crippen LogP contribution in [0.2, 0.25) is 0 Å². The summed E-state index contributed by atoms with van der Waals surface area (Å²) in [5, 5.41) is 14.6. The fraction of sp³-hybridized carbons (Fsp3) is 0.700. The maximum atomic E-state index is 8.76. The number of nitrogens with one attached hydrogen (secondary N) is 1. The molecule has 3 rings (SSSR count). The number of piperidine rings is 1. The molecule has 0 aromatic carbocycles. The van der Waals surface area contributed by atoms with Crippen LogP contribution in [0.1, 0.15) is 55.4 Å². The van der Waals surface area contributed by atoms with Gasteiger partial charge in [-0.15, -0.1) is 11.3 Å². The van der Waals surface area contributed by atoms with Gasteiger partial charge in [-0.2, -0.15) is 0 Å². The largest absolute Gasteiger partial charge is 0.384 e. The van der Waals surface area contributed by atoms with E-state index in [1.54, 1.807) is 11.3 Å². The first kappa shape index (κ1) is 17.9. The molecule has 4 heteroatoms. The first-order chi connectivity index (χ1) is 11.8. The van der Waals surface area contributed by atoms with E-state index in [-0.39, 0.29) is 6.61 Å². The van der Waals surface area contributed by atoms with Crippen LogP contribution in [0, 0.1) is 17.8 Å². The molecule has 1 unspecified atom stereocenters. The van der Waals surface area contributed by atoms with E-state index in [0.29, 0.717) is 6.04 Å². The molecule has 1 aliphatic heterocycles.